The number of rotatable bonds is 6. The summed E-state index contributed by atoms with van der Waals surface area (Å²) in [7, 11) is -3.77. The van der Waals surface area contributed by atoms with Crippen molar-refractivity contribution in [1.29, 1.82) is 0 Å². The molecule has 2 aromatic carbocycles. The Morgan fingerprint density at radius 2 is 1.61 bits per heavy atom. The van der Waals surface area contributed by atoms with Crippen LogP contribution in [0, 0.1) is 13.8 Å². The predicted molar refractivity (Wildman–Crippen MR) is 124 cm³/mol. The smallest absolute Gasteiger partial charge is 0.241 e. The summed E-state index contributed by atoms with van der Waals surface area (Å²) in [5.74, 6) is 0.962. The van der Waals surface area contributed by atoms with Gasteiger partial charge in [0.15, 0.2) is 0 Å². The SMILES string of the molecule is Cc1ccc(-c2noc(C3CCN(C(=O)[C@@H](C)NS(=O)(=O)c4ccc(C)cc4)CC3)n2)cc1. The third-order valence-electron chi connectivity index (χ3n) is 5.94. The van der Waals surface area contributed by atoms with Crippen LogP contribution in [-0.2, 0) is 14.8 Å². The van der Waals surface area contributed by atoms with Crippen LogP contribution in [0.25, 0.3) is 11.4 Å². The number of sulfonamides is 1. The topological polar surface area (TPSA) is 105 Å². The van der Waals surface area contributed by atoms with Crippen molar-refractivity contribution in [2.75, 3.05) is 13.1 Å². The molecular weight excluding hydrogens is 440 g/mol. The number of aromatic nitrogens is 2. The van der Waals surface area contributed by atoms with Crippen molar-refractivity contribution in [3.8, 4) is 11.4 Å². The first-order valence-electron chi connectivity index (χ1n) is 11.0. The molecule has 0 bridgehead atoms. The molecule has 0 unspecified atom stereocenters. The molecule has 1 amide bonds. The van der Waals surface area contributed by atoms with E-state index in [-0.39, 0.29) is 16.7 Å². The molecule has 174 valence electrons. The van der Waals surface area contributed by atoms with Gasteiger partial charge in [-0.2, -0.15) is 9.71 Å². The summed E-state index contributed by atoms with van der Waals surface area (Å²) in [5.41, 5.74) is 3.03. The van der Waals surface area contributed by atoms with Gasteiger partial charge in [-0.05, 0) is 45.7 Å². The van der Waals surface area contributed by atoms with E-state index < -0.39 is 16.1 Å². The number of nitrogens with one attached hydrogen (secondary N) is 1. The van der Waals surface area contributed by atoms with Gasteiger partial charge in [-0.1, -0.05) is 52.7 Å². The molecule has 3 aromatic rings. The summed E-state index contributed by atoms with van der Waals surface area (Å²) in [5, 5.41) is 4.10. The molecule has 33 heavy (non-hydrogen) atoms. The number of hydrogen-bond acceptors (Lipinski definition) is 6. The second kappa shape index (κ2) is 9.44. The Morgan fingerprint density at radius 1 is 1.03 bits per heavy atom. The molecule has 4 rings (SSSR count). The number of nitrogens with zero attached hydrogens (tertiary/aromatic N) is 3. The first-order valence-corrected chi connectivity index (χ1v) is 12.5. The second-order valence-electron chi connectivity index (χ2n) is 8.58. The molecule has 1 aromatic heterocycles. The summed E-state index contributed by atoms with van der Waals surface area (Å²) in [6.07, 6.45) is 1.36. The lowest BCUT2D eigenvalue weighted by atomic mass is 9.96. The van der Waals surface area contributed by atoms with Crippen LogP contribution in [0.3, 0.4) is 0 Å². The summed E-state index contributed by atoms with van der Waals surface area (Å²) < 4.78 is 33.2. The van der Waals surface area contributed by atoms with E-state index in [0.29, 0.717) is 37.6 Å². The number of hydrogen-bond donors (Lipinski definition) is 1. The Hall–Kier alpha value is -3.04. The molecule has 1 saturated heterocycles. The van der Waals surface area contributed by atoms with E-state index in [2.05, 4.69) is 14.9 Å². The molecule has 1 fully saturated rings. The standard InChI is InChI=1S/C24H28N4O4S/c1-16-4-8-19(9-5-16)22-25-23(32-26-22)20-12-14-28(15-13-20)24(29)18(3)27-33(30,31)21-10-6-17(2)7-11-21/h4-11,18,20,27H,12-15H2,1-3H3/t18-/m1/s1. The quantitative estimate of drug-likeness (QED) is 0.594. The van der Waals surface area contributed by atoms with Crippen LogP contribution in [-0.4, -0.2) is 48.5 Å². The van der Waals surface area contributed by atoms with Crippen molar-refractivity contribution in [2.45, 2.75) is 50.5 Å². The number of carbonyl (C=O) groups is 1. The highest BCUT2D eigenvalue weighted by molar-refractivity contribution is 7.89. The van der Waals surface area contributed by atoms with Crippen LogP contribution < -0.4 is 4.72 Å². The summed E-state index contributed by atoms with van der Waals surface area (Å²) in [6.45, 7) is 6.49. The average Bonchev–Trinajstić information content (AvgIpc) is 3.29. The molecule has 1 atom stereocenters. The molecule has 2 heterocycles. The van der Waals surface area contributed by atoms with Gasteiger partial charge in [0.05, 0.1) is 10.9 Å². The van der Waals surface area contributed by atoms with Gasteiger partial charge in [0.25, 0.3) is 0 Å². The molecule has 0 aliphatic carbocycles. The van der Waals surface area contributed by atoms with Gasteiger partial charge in [-0.15, -0.1) is 0 Å². The van der Waals surface area contributed by atoms with Gasteiger partial charge in [-0.25, -0.2) is 8.42 Å². The van der Waals surface area contributed by atoms with E-state index >= 15 is 0 Å². The van der Waals surface area contributed by atoms with Gasteiger partial charge in [0.2, 0.25) is 27.6 Å². The Balaban J connectivity index is 1.34. The van der Waals surface area contributed by atoms with Crippen molar-refractivity contribution >= 4 is 15.9 Å². The van der Waals surface area contributed by atoms with Crippen LogP contribution >= 0.6 is 0 Å². The minimum Gasteiger partial charge on any atom is -0.341 e. The second-order valence-corrected chi connectivity index (χ2v) is 10.3. The zero-order valence-electron chi connectivity index (χ0n) is 19.0. The Labute approximate surface area is 194 Å². The third-order valence-corrected chi connectivity index (χ3v) is 7.50. The zero-order chi connectivity index (χ0) is 23.6. The van der Waals surface area contributed by atoms with Gasteiger partial charge in [0.1, 0.15) is 0 Å². The van der Waals surface area contributed by atoms with Crippen molar-refractivity contribution in [3.05, 3.63) is 65.5 Å². The van der Waals surface area contributed by atoms with E-state index in [1.54, 1.807) is 24.0 Å². The van der Waals surface area contributed by atoms with Gasteiger partial charge < -0.3 is 9.42 Å². The monoisotopic (exact) mass is 468 g/mol. The van der Waals surface area contributed by atoms with Crippen LogP contribution in [0.1, 0.15) is 42.7 Å². The molecule has 1 N–H and O–H groups in total. The van der Waals surface area contributed by atoms with E-state index in [0.717, 1.165) is 16.7 Å². The number of carbonyl (C=O) groups excluding carboxylic acids is 1. The van der Waals surface area contributed by atoms with Crippen molar-refractivity contribution in [2.24, 2.45) is 0 Å². The molecule has 9 heteroatoms. The summed E-state index contributed by atoms with van der Waals surface area (Å²) in [6, 6.07) is 13.6. The van der Waals surface area contributed by atoms with Gasteiger partial charge >= 0.3 is 0 Å². The summed E-state index contributed by atoms with van der Waals surface area (Å²) in [4.78, 5) is 19.3. The van der Waals surface area contributed by atoms with Crippen LogP contribution in [0.5, 0.6) is 0 Å². The third kappa shape index (κ3) is 5.31. The zero-order valence-corrected chi connectivity index (χ0v) is 19.8. The molecule has 0 radical (unpaired) electrons. The maximum absolute atomic E-state index is 12.9. The average molecular weight is 469 g/mol. The molecule has 8 nitrogen and oxygen atoms in total. The lowest BCUT2D eigenvalue weighted by Gasteiger charge is -2.32. The Bertz CT molecular complexity index is 1210. The summed E-state index contributed by atoms with van der Waals surface area (Å²) >= 11 is 0. The van der Waals surface area contributed by atoms with E-state index in [1.165, 1.54) is 12.1 Å². The number of amides is 1. The fourth-order valence-electron chi connectivity index (χ4n) is 3.91. The molecule has 0 spiro atoms. The van der Waals surface area contributed by atoms with Gasteiger partial charge in [-0.3, -0.25) is 4.79 Å². The first kappa shape index (κ1) is 23.1. The number of aryl methyl sites for hydroxylation is 2. The fraction of sp³-hybridized carbons (Fsp3) is 0.375. The maximum Gasteiger partial charge on any atom is 0.241 e. The first-order chi connectivity index (χ1) is 15.7. The van der Waals surface area contributed by atoms with Crippen molar-refractivity contribution < 1.29 is 17.7 Å². The molecular formula is C24H28N4O4S. The lowest BCUT2D eigenvalue weighted by molar-refractivity contribution is -0.133. The van der Waals surface area contributed by atoms with Crippen molar-refractivity contribution in [3.63, 3.8) is 0 Å². The highest BCUT2D eigenvalue weighted by Gasteiger charge is 2.31. The number of piperidine rings is 1. The number of likely N-dealkylation sites (tertiary alicyclic amines) is 1. The van der Waals surface area contributed by atoms with Crippen LogP contribution in [0.15, 0.2) is 57.9 Å². The highest BCUT2D eigenvalue weighted by atomic mass is 32.2. The van der Waals surface area contributed by atoms with Crippen molar-refractivity contribution in [1.82, 2.24) is 19.8 Å². The fourth-order valence-corrected chi connectivity index (χ4v) is 5.11. The minimum atomic E-state index is -3.77. The lowest BCUT2D eigenvalue weighted by Crippen LogP contribution is -2.49. The highest BCUT2D eigenvalue weighted by Crippen LogP contribution is 2.29. The molecule has 0 saturated carbocycles. The number of benzene rings is 2. The molecule has 1 aliphatic heterocycles. The van der Waals surface area contributed by atoms with E-state index in [4.69, 9.17) is 4.52 Å². The predicted octanol–water partition coefficient (Wildman–Crippen LogP) is 3.43. The van der Waals surface area contributed by atoms with Gasteiger partial charge in [0, 0.05) is 24.6 Å². The largest absolute Gasteiger partial charge is 0.341 e. The Morgan fingerprint density at radius 3 is 2.21 bits per heavy atom. The van der Waals surface area contributed by atoms with E-state index in [1.807, 2.05) is 38.1 Å². The molecule has 1 aliphatic rings. The minimum absolute atomic E-state index is 0.0697. The van der Waals surface area contributed by atoms with Crippen LogP contribution in [0.2, 0.25) is 0 Å². The normalized spacial score (nSPS) is 16.0. The maximum atomic E-state index is 12.9. The Kier molecular flexibility index (Phi) is 6.62. The van der Waals surface area contributed by atoms with E-state index in [9.17, 15) is 13.2 Å². The van der Waals surface area contributed by atoms with Crippen LogP contribution in [0.4, 0.5) is 0 Å².